The lowest BCUT2D eigenvalue weighted by molar-refractivity contribution is -0.152. The number of hydrogen-bond acceptors (Lipinski definition) is 5. The van der Waals surface area contributed by atoms with Gasteiger partial charge in [0.25, 0.3) is 5.91 Å². The highest BCUT2D eigenvalue weighted by atomic mass is 32.2. The zero-order valence-corrected chi connectivity index (χ0v) is 15.6. The van der Waals surface area contributed by atoms with Crippen molar-refractivity contribution < 1.29 is 27.1 Å². The highest BCUT2D eigenvalue weighted by Gasteiger charge is 2.23. The number of amides is 1. The van der Waals surface area contributed by atoms with Crippen LogP contribution in [0.5, 0.6) is 0 Å². The molecule has 1 atom stereocenters. The van der Waals surface area contributed by atoms with E-state index in [1.807, 2.05) is 0 Å². The van der Waals surface area contributed by atoms with E-state index >= 15 is 0 Å². The van der Waals surface area contributed by atoms with E-state index in [2.05, 4.69) is 4.72 Å². The molecule has 0 aliphatic rings. The first kappa shape index (κ1) is 20.5. The van der Waals surface area contributed by atoms with Crippen LogP contribution in [0.4, 0.5) is 10.1 Å². The summed E-state index contributed by atoms with van der Waals surface area (Å²) in [6.45, 7) is 0.737. The van der Waals surface area contributed by atoms with Crippen LogP contribution < -0.4 is 9.62 Å². The summed E-state index contributed by atoms with van der Waals surface area (Å²) in [5, 5.41) is 0. The lowest BCUT2D eigenvalue weighted by atomic mass is 10.2. The third-order valence-corrected chi connectivity index (χ3v) is 5.08. The van der Waals surface area contributed by atoms with Crippen molar-refractivity contribution in [2.24, 2.45) is 0 Å². The Bertz CT molecular complexity index is 901. The monoisotopic (exact) mass is 394 g/mol. The molecule has 0 fully saturated rings. The SMILES string of the molecule is C[C@@H](OC(=O)CNS(=O)(=O)c1ccc(F)cc1)C(=O)N(C)c1ccccc1. The minimum Gasteiger partial charge on any atom is -0.452 e. The molecule has 0 unspecified atom stereocenters. The highest BCUT2D eigenvalue weighted by molar-refractivity contribution is 7.89. The molecular weight excluding hydrogens is 375 g/mol. The number of ether oxygens (including phenoxy) is 1. The number of para-hydroxylation sites is 1. The molecular formula is C18H19FN2O5S. The van der Waals surface area contributed by atoms with Crippen molar-refractivity contribution in [1.82, 2.24) is 4.72 Å². The van der Waals surface area contributed by atoms with Crippen molar-refractivity contribution in [1.29, 1.82) is 0 Å². The van der Waals surface area contributed by atoms with Gasteiger partial charge in [0.05, 0.1) is 4.90 Å². The van der Waals surface area contributed by atoms with Crippen LogP contribution in [0.3, 0.4) is 0 Å². The lowest BCUT2D eigenvalue weighted by Gasteiger charge is -2.21. The van der Waals surface area contributed by atoms with Crippen molar-refractivity contribution in [2.75, 3.05) is 18.5 Å². The van der Waals surface area contributed by atoms with Crippen molar-refractivity contribution in [3.8, 4) is 0 Å². The minimum atomic E-state index is -4.00. The van der Waals surface area contributed by atoms with Gasteiger partial charge in [-0.3, -0.25) is 9.59 Å². The largest absolute Gasteiger partial charge is 0.452 e. The van der Waals surface area contributed by atoms with Gasteiger partial charge >= 0.3 is 5.97 Å². The van der Waals surface area contributed by atoms with Gasteiger partial charge in [0.2, 0.25) is 10.0 Å². The summed E-state index contributed by atoms with van der Waals surface area (Å²) in [6, 6.07) is 12.9. The van der Waals surface area contributed by atoms with Crippen LogP contribution >= 0.6 is 0 Å². The number of nitrogens with zero attached hydrogens (tertiary/aromatic N) is 1. The number of halogens is 1. The van der Waals surface area contributed by atoms with Crippen LogP contribution in [-0.4, -0.2) is 40.0 Å². The summed E-state index contributed by atoms with van der Waals surface area (Å²) in [5.74, 6) is -1.96. The van der Waals surface area contributed by atoms with Crippen LogP contribution in [-0.2, 0) is 24.3 Å². The molecule has 7 nitrogen and oxygen atoms in total. The van der Waals surface area contributed by atoms with Crippen LogP contribution in [0.25, 0.3) is 0 Å². The third-order valence-electron chi connectivity index (χ3n) is 3.66. The van der Waals surface area contributed by atoms with Gasteiger partial charge in [-0.2, -0.15) is 4.72 Å². The minimum absolute atomic E-state index is 0.190. The Labute approximate surface area is 156 Å². The molecule has 0 saturated heterocycles. The van der Waals surface area contributed by atoms with Crippen molar-refractivity contribution in [3.63, 3.8) is 0 Å². The van der Waals surface area contributed by atoms with Gasteiger partial charge in [0.15, 0.2) is 6.10 Å². The van der Waals surface area contributed by atoms with E-state index in [1.54, 1.807) is 37.4 Å². The topological polar surface area (TPSA) is 92.8 Å². The van der Waals surface area contributed by atoms with E-state index in [-0.39, 0.29) is 4.90 Å². The fourth-order valence-corrected chi connectivity index (χ4v) is 3.16. The fourth-order valence-electron chi connectivity index (χ4n) is 2.19. The molecule has 2 aromatic carbocycles. The maximum atomic E-state index is 12.9. The van der Waals surface area contributed by atoms with E-state index in [9.17, 15) is 22.4 Å². The summed E-state index contributed by atoms with van der Waals surface area (Å²) >= 11 is 0. The zero-order chi connectivity index (χ0) is 20.0. The van der Waals surface area contributed by atoms with Gasteiger partial charge in [-0.15, -0.1) is 0 Å². The highest BCUT2D eigenvalue weighted by Crippen LogP contribution is 2.13. The molecule has 1 N–H and O–H groups in total. The fraction of sp³-hybridized carbons (Fsp3) is 0.222. The third kappa shape index (κ3) is 5.60. The second-order valence-corrected chi connectivity index (χ2v) is 7.41. The Morgan fingerprint density at radius 1 is 1.11 bits per heavy atom. The van der Waals surface area contributed by atoms with Crippen LogP contribution in [0, 0.1) is 5.82 Å². The summed E-state index contributed by atoms with van der Waals surface area (Å²) in [4.78, 5) is 25.3. The Morgan fingerprint density at radius 2 is 1.70 bits per heavy atom. The molecule has 0 saturated carbocycles. The van der Waals surface area contributed by atoms with Gasteiger partial charge in [-0.05, 0) is 43.3 Å². The number of esters is 1. The van der Waals surface area contributed by atoms with Gasteiger partial charge in [-0.1, -0.05) is 18.2 Å². The number of likely N-dealkylation sites (N-methyl/N-ethyl adjacent to an activating group) is 1. The van der Waals surface area contributed by atoms with E-state index in [1.165, 1.54) is 11.8 Å². The Morgan fingerprint density at radius 3 is 2.30 bits per heavy atom. The van der Waals surface area contributed by atoms with Crippen molar-refractivity contribution in [2.45, 2.75) is 17.9 Å². The quantitative estimate of drug-likeness (QED) is 0.722. The lowest BCUT2D eigenvalue weighted by Crippen LogP contribution is -2.39. The molecule has 0 radical (unpaired) electrons. The number of benzene rings is 2. The zero-order valence-electron chi connectivity index (χ0n) is 14.8. The molecule has 0 spiro atoms. The molecule has 2 aromatic rings. The summed E-state index contributed by atoms with van der Waals surface area (Å²) in [6.07, 6.45) is -1.10. The van der Waals surface area contributed by atoms with Crippen molar-refractivity contribution >= 4 is 27.6 Å². The number of carbonyl (C=O) groups is 2. The predicted molar refractivity (Wildman–Crippen MR) is 97.0 cm³/mol. The normalized spacial score (nSPS) is 12.3. The molecule has 144 valence electrons. The summed E-state index contributed by atoms with van der Waals surface area (Å²) in [5.41, 5.74) is 0.627. The van der Waals surface area contributed by atoms with Crippen LogP contribution in [0.1, 0.15) is 6.92 Å². The molecule has 0 bridgehead atoms. The van der Waals surface area contributed by atoms with E-state index in [0.717, 1.165) is 24.3 Å². The second-order valence-electron chi connectivity index (χ2n) is 5.64. The molecule has 0 heterocycles. The number of hydrogen-bond donors (Lipinski definition) is 1. The molecule has 27 heavy (non-hydrogen) atoms. The number of carbonyl (C=O) groups excluding carboxylic acids is 2. The number of sulfonamides is 1. The first-order chi connectivity index (χ1) is 12.7. The summed E-state index contributed by atoms with van der Waals surface area (Å²) in [7, 11) is -2.46. The van der Waals surface area contributed by atoms with Gasteiger partial charge in [0.1, 0.15) is 12.4 Å². The Hall–Kier alpha value is -2.78. The summed E-state index contributed by atoms with van der Waals surface area (Å²) < 4.78 is 44.0. The first-order valence-electron chi connectivity index (χ1n) is 7.98. The number of anilines is 1. The van der Waals surface area contributed by atoms with E-state index in [4.69, 9.17) is 4.74 Å². The van der Waals surface area contributed by atoms with Crippen molar-refractivity contribution in [3.05, 3.63) is 60.4 Å². The Kier molecular flexibility index (Phi) is 6.65. The van der Waals surface area contributed by atoms with E-state index < -0.39 is 40.4 Å². The van der Waals surface area contributed by atoms with Gasteiger partial charge in [-0.25, -0.2) is 12.8 Å². The second kappa shape index (κ2) is 8.74. The molecule has 1 amide bonds. The van der Waals surface area contributed by atoms with Gasteiger partial charge in [0, 0.05) is 12.7 Å². The van der Waals surface area contributed by atoms with Crippen LogP contribution in [0.15, 0.2) is 59.5 Å². The molecule has 0 aromatic heterocycles. The maximum absolute atomic E-state index is 12.9. The standard InChI is InChI=1S/C18H19FN2O5S/c1-13(18(23)21(2)15-6-4-3-5-7-15)26-17(22)12-20-27(24,25)16-10-8-14(19)9-11-16/h3-11,13,20H,12H2,1-2H3/t13-/m1/s1. The van der Waals surface area contributed by atoms with Crippen LogP contribution in [0.2, 0.25) is 0 Å². The first-order valence-corrected chi connectivity index (χ1v) is 9.46. The number of nitrogens with one attached hydrogen (secondary N) is 1. The maximum Gasteiger partial charge on any atom is 0.321 e. The Balaban J connectivity index is 1.91. The average Bonchev–Trinajstić information content (AvgIpc) is 2.66. The molecule has 2 rings (SSSR count). The molecule has 9 heteroatoms. The van der Waals surface area contributed by atoms with Gasteiger partial charge < -0.3 is 9.64 Å². The van der Waals surface area contributed by atoms with E-state index in [0.29, 0.717) is 5.69 Å². The average molecular weight is 394 g/mol. The molecule has 0 aliphatic carbocycles. The number of rotatable bonds is 7. The molecule has 0 aliphatic heterocycles. The smallest absolute Gasteiger partial charge is 0.321 e. The predicted octanol–water partition coefficient (Wildman–Crippen LogP) is 1.70.